The predicted molar refractivity (Wildman–Crippen MR) is 131 cm³/mol. The first-order valence-corrected chi connectivity index (χ1v) is 14.0. The van der Waals surface area contributed by atoms with Gasteiger partial charge in [-0.05, 0) is 141 Å². The maximum absolute atomic E-state index is 4.17. The molecule has 8 rings (SSSR count). The second-order valence-electron chi connectivity index (χ2n) is 16.5. The molecule has 0 aromatic carbocycles. The average Bonchev–Trinajstić information content (AvgIpc) is 2.46. The van der Waals surface area contributed by atoms with Crippen molar-refractivity contribution >= 4 is 15.9 Å². The molecular weight excluding hydrogens is 428 g/mol. The highest BCUT2D eigenvalue weighted by molar-refractivity contribution is 9.10. The van der Waals surface area contributed by atoms with Crippen LogP contribution < -0.4 is 0 Å². The molecule has 0 N–H and O–H groups in total. The van der Waals surface area contributed by atoms with Gasteiger partial charge in [0.05, 0.1) is 0 Å². The van der Waals surface area contributed by atoms with E-state index in [1.54, 1.807) is 51.4 Å². The SMILES string of the molecule is CC(C(C)(C)Br)C12CC3(C)CC(C)(C1)CC(C14CC5CC(C)(CC(C)(C5)C1)C4)(C3)C2. The lowest BCUT2D eigenvalue weighted by atomic mass is 9.26. The number of hydrogen-bond donors (Lipinski definition) is 0. The van der Waals surface area contributed by atoms with Crippen molar-refractivity contribution in [2.45, 2.75) is 130 Å². The van der Waals surface area contributed by atoms with Crippen molar-refractivity contribution in [1.29, 1.82) is 0 Å². The van der Waals surface area contributed by atoms with Crippen molar-refractivity contribution < 1.29 is 0 Å². The number of rotatable bonds is 3. The molecule has 0 heterocycles. The average molecular weight is 476 g/mol. The topological polar surface area (TPSA) is 0 Å². The van der Waals surface area contributed by atoms with E-state index in [0.717, 1.165) is 11.8 Å². The molecule has 8 bridgehead atoms. The lowest BCUT2D eigenvalue weighted by molar-refractivity contribution is -0.291. The van der Waals surface area contributed by atoms with Gasteiger partial charge in [0.1, 0.15) is 0 Å². The molecule has 0 aromatic heterocycles. The number of hydrogen-bond acceptors (Lipinski definition) is 0. The van der Waals surface area contributed by atoms with Gasteiger partial charge in [-0.25, -0.2) is 0 Å². The standard InChI is InChI=1S/C29H47Br/c1-20(22(2,3)30)27-13-25(6)12-26(7,14-27)18-29(17-25,19-27)28-10-21-8-23(4,15-28)11-24(5,9-21)16-28/h20-21H,8-19H2,1-7H3. The van der Waals surface area contributed by atoms with Gasteiger partial charge in [-0.2, -0.15) is 0 Å². The Morgan fingerprint density at radius 2 is 1.10 bits per heavy atom. The molecule has 0 spiro atoms. The second-order valence-corrected chi connectivity index (χ2v) is 18.6. The molecule has 5 atom stereocenters. The summed E-state index contributed by atoms with van der Waals surface area (Å²) in [5.41, 5.74) is 4.29. The molecule has 170 valence electrons. The zero-order chi connectivity index (χ0) is 21.6. The van der Waals surface area contributed by atoms with Crippen LogP contribution >= 0.6 is 15.9 Å². The predicted octanol–water partition coefficient (Wildman–Crippen LogP) is 9.16. The zero-order valence-corrected chi connectivity index (χ0v) is 22.6. The Morgan fingerprint density at radius 3 is 1.57 bits per heavy atom. The molecule has 1 heteroatoms. The van der Waals surface area contributed by atoms with Crippen LogP contribution in [0.3, 0.4) is 0 Å². The Hall–Kier alpha value is 0.480. The highest BCUT2D eigenvalue weighted by Crippen LogP contribution is 2.84. The van der Waals surface area contributed by atoms with Crippen molar-refractivity contribution in [1.82, 2.24) is 0 Å². The fraction of sp³-hybridized carbons (Fsp3) is 1.00. The van der Waals surface area contributed by atoms with Crippen LogP contribution in [0.15, 0.2) is 0 Å². The van der Waals surface area contributed by atoms with Gasteiger partial charge in [0.25, 0.3) is 0 Å². The summed E-state index contributed by atoms with van der Waals surface area (Å²) in [6.45, 7) is 18.4. The molecule has 0 nitrogen and oxygen atoms in total. The first kappa shape index (κ1) is 21.0. The monoisotopic (exact) mass is 474 g/mol. The molecule has 0 aromatic rings. The van der Waals surface area contributed by atoms with E-state index in [1.807, 2.05) is 0 Å². The van der Waals surface area contributed by atoms with Gasteiger partial charge < -0.3 is 0 Å². The van der Waals surface area contributed by atoms with Crippen LogP contribution in [0.5, 0.6) is 0 Å². The molecule has 0 saturated heterocycles. The van der Waals surface area contributed by atoms with E-state index in [0.29, 0.717) is 37.9 Å². The van der Waals surface area contributed by atoms with E-state index >= 15 is 0 Å². The molecule has 8 aliphatic carbocycles. The molecule has 8 aliphatic rings. The summed E-state index contributed by atoms with van der Waals surface area (Å²) in [4.78, 5) is 0. The minimum absolute atomic E-state index is 0.242. The smallest absolute Gasteiger partial charge is 0.0232 e. The van der Waals surface area contributed by atoms with Crippen LogP contribution in [0.25, 0.3) is 0 Å². The first-order valence-electron chi connectivity index (χ1n) is 13.2. The quantitative estimate of drug-likeness (QED) is 0.357. The summed E-state index contributed by atoms with van der Waals surface area (Å²) in [7, 11) is 0. The summed E-state index contributed by atoms with van der Waals surface area (Å²) in [5.74, 6) is 1.79. The minimum Gasteiger partial charge on any atom is -0.0856 e. The van der Waals surface area contributed by atoms with Crippen LogP contribution in [0.1, 0.15) is 126 Å². The van der Waals surface area contributed by atoms with Gasteiger partial charge in [-0.3, -0.25) is 0 Å². The molecule has 8 fully saturated rings. The van der Waals surface area contributed by atoms with Crippen molar-refractivity contribution in [2.75, 3.05) is 0 Å². The maximum Gasteiger partial charge on any atom is 0.0232 e. The fourth-order valence-electron chi connectivity index (χ4n) is 13.6. The minimum atomic E-state index is 0.242. The molecule has 0 amide bonds. The Balaban J connectivity index is 1.50. The van der Waals surface area contributed by atoms with E-state index in [4.69, 9.17) is 0 Å². The van der Waals surface area contributed by atoms with E-state index in [-0.39, 0.29) is 4.32 Å². The van der Waals surface area contributed by atoms with Gasteiger partial charge in [-0.1, -0.05) is 50.5 Å². The largest absolute Gasteiger partial charge is 0.0856 e. The number of halogens is 1. The van der Waals surface area contributed by atoms with Crippen LogP contribution in [0.2, 0.25) is 0 Å². The van der Waals surface area contributed by atoms with Crippen molar-refractivity contribution in [3.8, 4) is 0 Å². The molecule has 5 unspecified atom stereocenters. The Morgan fingerprint density at radius 1 is 0.633 bits per heavy atom. The van der Waals surface area contributed by atoms with Crippen LogP contribution in [0, 0.1) is 49.7 Å². The van der Waals surface area contributed by atoms with Crippen LogP contribution in [-0.4, -0.2) is 4.32 Å². The fourth-order valence-corrected chi connectivity index (χ4v) is 14.1. The third-order valence-corrected chi connectivity index (χ3v) is 13.0. The molecule has 0 aliphatic heterocycles. The van der Waals surface area contributed by atoms with Gasteiger partial charge in [0.15, 0.2) is 0 Å². The zero-order valence-electron chi connectivity index (χ0n) is 21.0. The van der Waals surface area contributed by atoms with E-state index < -0.39 is 0 Å². The Kier molecular flexibility index (Phi) is 3.79. The number of alkyl halides is 1. The molecule has 8 saturated carbocycles. The lowest BCUT2D eigenvalue weighted by Crippen LogP contribution is -2.70. The van der Waals surface area contributed by atoms with E-state index in [9.17, 15) is 0 Å². The normalized spacial score (nSPS) is 62.2. The van der Waals surface area contributed by atoms with Gasteiger partial charge in [0.2, 0.25) is 0 Å². The van der Waals surface area contributed by atoms with Gasteiger partial charge in [0, 0.05) is 4.32 Å². The van der Waals surface area contributed by atoms with Gasteiger partial charge >= 0.3 is 0 Å². The molecule has 0 radical (unpaired) electrons. The van der Waals surface area contributed by atoms with E-state index in [2.05, 4.69) is 64.4 Å². The highest BCUT2D eigenvalue weighted by Gasteiger charge is 2.75. The third-order valence-electron chi connectivity index (χ3n) is 12.3. The third kappa shape index (κ3) is 2.63. The van der Waals surface area contributed by atoms with Crippen molar-refractivity contribution in [3.05, 3.63) is 0 Å². The summed E-state index contributed by atoms with van der Waals surface area (Å²) in [6, 6.07) is 0. The Bertz CT molecular complexity index is 749. The van der Waals surface area contributed by atoms with Gasteiger partial charge in [-0.15, -0.1) is 0 Å². The highest BCUT2D eigenvalue weighted by atomic mass is 79.9. The first-order chi connectivity index (χ1) is 13.6. The van der Waals surface area contributed by atoms with Crippen molar-refractivity contribution in [2.24, 2.45) is 49.7 Å². The summed E-state index contributed by atoms with van der Waals surface area (Å²) >= 11 is 4.17. The summed E-state index contributed by atoms with van der Waals surface area (Å²) in [6.07, 6.45) is 18.5. The van der Waals surface area contributed by atoms with E-state index in [1.165, 1.54) is 25.7 Å². The molecular formula is C29H47Br. The molecule has 30 heavy (non-hydrogen) atoms. The van der Waals surface area contributed by atoms with Crippen LogP contribution in [-0.2, 0) is 0 Å². The summed E-state index contributed by atoms with van der Waals surface area (Å²) < 4.78 is 0.242. The Labute approximate surface area is 195 Å². The van der Waals surface area contributed by atoms with Crippen LogP contribution in [0.4, 0.5) is 0 Å². The summed E-state index contributed by atoms with van der Waals surface area (Å²) in [5, 5.41) is 0. The maximum atomic E-state index is 4.17. The lowest BCUT2D eigenvalue weighted by Gasteiger charge is -2.79. The second kappa shape index (κ2) is 5.41. The van der Waals surface area contributed by atoms with Crippen molar-refractivity contribution in [3.63, 3.8) is 0 Å².